The number of aryl methyl sites for hydroxylation is 3. The van der Waals surface area contributed by atoms with Crippen molar-refractivity contribution in [2.45, 2.75) is 57.6 Å². The standard InChI is InChI=1S/C30H34N4O5S/c1-18-7-10-29-27(11-18)39-21(4)16-34(40(29,36)37)17-24-13-22(9-8-19(24)2)25(12-20(3)35)23-14-26-30(28(15-23)38-6)33(5)32-31-26/h7-11,13-15,21,25H,12,16-17H2,1-6H3/t21-,25+/m1/s1. The fourth-order valence-electron chi connectivity index (χ4n) is 5.36. The number of ketones is 1. The molecule has 0 fully saturated rings. The van der Waals surface area contributed by atoms with E-state index in [0.717, 1.165) is 33.3 Å². The molecule has 0 amide bonds. The van der Waals surface area contributed by atoms with Gasteiger partial charge in [-0.1, -0.05) is 29.5 Å². The first-order valence-electron chi connectivity index (χ1n) is 13.2. The molecule has 5 rings (SSSR count). The Morgan fingerprint density at radius 3 is 2.62 bits per heavy atom. The summed E-state index contributed by atoms with van der Waals surface area (Å²) >= 11 is 0. The highest BCUT2D eigenvalue weighted by Crippen LogP contribution is 2.37. The number of carbonyl (C=O) groups is 1. The molecule has 1 aromatic heterocycles. The molecule has 40 heavy (non-hydrogen) atoms. The van der Waals surface area contributed by atoms with Crippen LogP contribution in [0.4, 0.5) is 0 Å². The largest absolute Gasteiger partial charge is 0.494 e. The Labute approximate surface area is 234 Å². The summed E-state index contributed by atoms with van der Waals surface area (Å²) in [5.74, 6) is 0.775. The van der Waals surface area contributed by atoms with Crippen LogP contribution in [0.15, 0.2) is 53.4 Å². The number of rotatable bonds is 7. The van der Waals surface area contributed by atoms with E-state index < -0.39 is 10.0 Å². The number of Topliss-reactive ketones (excluding diaryl/α,β-unsaturated/α-hetero) is 1. The van der Waals surface area contributed by atoms with Gasteiger partial charge in [0.1, 0.15) is 39.3 Å². The summed E-state index contributed by atoms with van der Waals surface area (Å²) in [5, 5.41) is 8.39. The second-order valence-corrected chi connectivity index (χ2v) is 12.5. The monoisotopic (exact) mass is 562 g/mol. The number of carbonyl (C=O) groups excluding carboxylic acids is 1. The highest BCUT2D eigenvalue weighted by Gasteiger charge is 2.34. The summed E-state index contributed by atoms with van der Waals surface area (Å²) in [4.78, 5) is 12.6. The van der Waals surface area contributed by atoms with E-state index in [0.29, 0.717) is 17.0 Å². The van der Waals surface area contributed by atoms with Gasteiger partial charge >= 0.3 is 0 Å². The first kappa shape index (κ1) is 27.8. The predicted octanol–water partition coefficient (Wildman–Crippen LogP) is 4.68. The molecule has 9 nitrogen and oxygen atoms in total. The zero-order chi connectivity index (χ0) is 28.8. The Kier molecular flexibility index (Phi) is 7.41. The summed E-state index contributed by atoms with van der Waals surface area (Å²) in [7, 11) is -0.396. The Balaban J connectivity index is 1.56. The van der Waals surface area contributed by atoms with Gasteiger partial charge in [-0.05, 0) is 79.8 Å². The molecule has 10 heteroatoms. The second kappa shape index (κ2) is 10.7. The average molecular weight is 563 g/mol. The van der Waals surface area contributed by atoms with Gasteiger partial charge in [0, 0.05) is 25.9 Å². The summed E-state index contributed by atoms with van der Waals surface area (Å²) < 4.78 is 42.3. The molecule has 0 N–H and O–H groups in total. The van der Waals surface area contributed by atoms with Gasteiger partial charge in [-0.25, -0.2) is 13.1 Å². The number of benzene rings is 3. The average Bonchev–Trinajstić information content (AvgIpc) is 3.24. The van der Waals surface area contributed by atoms with Crippen molar-refractivity contribution in [3.63, 3.8) is 0 Å². The SMILES string of the molecule is COc1cc([C@@H](CC(C)=O)c2ccc(C)c(CN3C[C@@H](C)Oc4cc(C)ccc4S3(=O)=O)c2)cc2nnn(C)c12. The third-order valence-corrected chi connectivity index (χ3v) is 9.28. The lowest BCUT2D eigenvalue weighted by atomic mass is 9.85. The second-order valence-electron chi connectivity index (χ2n) is 10.6. The molecule has 0 aliphatic carbocycles. The molecule has 1 aliphatic heterocycles. The van der Waals surface area contributed by atoms with Crippen molar-refractivity contribution >= 4 is 26.8 Å². The van der Waals surface area contributed by atoms with Gasteiger partial charge in [0.05, 0.1) is 13.7 Å². The van der Waals surface area contributed by atoms with Crippen LogP contribution >= 0.6 is 0 Å². The summed E-state index contributed by atoms with van der Waals surface area (Å²) in [6, 6.07) is 15.0. The Hall–Kier alpha value is -3.76. The number of nitrogens with zero attached hydrogens (tertiary/aromatic N) is 4. The van der Waals surface area contributed by atoms with Gasteiger partial charge in [0.15, 0.2) is 0 Å². The van der Waals surface area contributed by atoms with Crippen molar-refractivity contribution in [2.75, 3.05) is 13.7 Å². The highest BCUT2D eigenvalue weighted by atomic mass is 32.2. The van der Waals surface area contributed by atoms with Crippen molar-refractivity contribution in [3.05, 3.63) is 76.3 Å². The van der Waals surface area contributed by atoms with Gasteiger partial charge in [-0.15, -0.1) is 5.10 Å². The van der Waals surface area contributed by atoms with Gasteiger partial charge in [-0.2, -0.15) is 4.31 Å². The third-order valence-electron chi connectivity index (χ3n) is 7.43. The van der Waals surface area contributed by atoms with Crippen molar-refractivity contribution in [1.82, 2.24) is 19.3 Å². The van der Waals surface area contributed by atoms with E-state index >= 15 is 0 Å². The van der Waals surface area contributed by atoms with E-state index in [4.69, 9.17) is 9.47 Å². The van der Waals surface area contributed by atoms with Crippen LogP contribution in [0.25, 0.3) is 11.0 Å². The Morgan fingerprint density at radius 2 is 1.90 bits per heavy atom. The minimum atomic E-state index is -3.80. The lowest BCUT2D eigenvalue weighted by Crippen LogP contribution is -2.35. The van der Waals surface area contributed by atoms with Crippen molar-refractivity contribution in [3.8, 4) is 11.5 Å². The van der Waals surface area contributed by atoms with Crippen molar-refractivity contribution in [2.24, 2.45) is 7.05 Å². The molecule has 3 aromatic carbocycles. The minimum Gasteiger partial charge on any atom is -0.494 e. The van der Waals surface area contributed by atoms with E-state index in [9.17, 15) is 13.2 Å². The predicted molar refractivity (Wildman–Crippen MR) is 152 cm³/mol. The number of sulfonamides is 1. The number of fused-ring (bicyclic) bond motifs is 2. The Morgan fingerprint density at radius 1 is 1.12 bits per heavy atom. The van der Waals surface area contributed by atoms with Crippen LogP contribution in [0.5, 0.6) is 11.5 Å². The normalized spacial score (nSPS) is 17.6. The van der Waals surface area contributed by atoms with Crippen LogP contribution in [-0.2, 0) is 28.4 Å². The van der Waals surface area contributed by atoms with Crippen LogP contribution in [0.3, 0.4) is 0 Å². The molecule has 0 radical (unpaired) electrons. The van der Waals surface area contributed by atoms with E-state index in [1.165, 1.54) is 4.31 Å². The molecule has 1 aliphatic rings. The number of hydrogen-bond acceptors (Lipinski definition) is 7. The molecule has 0 saturated heterocycles. The molecular weight excluding hydrogens is 528 g/mol. The smallest absolute Gasteiger partial charge is 0.247 e. The maximum absolute atomic E-state index is 13.8. The number of methoxy groups -OCH3 is 1. The van der Waals surface area contributed by atoms with Crippen LogP contribution in [0.1, 0.15) is 54.0 Å². The van der Waals surface area contributed by atoms with E-state index in [1.54, 1.807) is 44.0 Å². The highest BCUT2D eigenvalue weighted by molar-refractivity contribution is 7.89. The van der Waals surface area contributed by atoms with E-state index in [1.807, 2.05) is 51.1 Å². The molecule has 2 atom stereocenters. The maximum atomic E-state index is 13.8. The lowest BCUT2D eigenvalue weighted by Gasteiger charge is -2.24. The first-order chi connectivity index (χ1) is 19.0. The van der Waals surface area contributed by atoms with Gasteiger partial charge in [0.25, 0.3) is 0 Å². The summed E-state index contributed by atoms with van der Waals surface area (Å²) in [6.07, 6.45) is -0.0465. The maximum Gasteiger partial charge on any atom is 0.247 e. The van der Waals surface area contributed by atoms with Crippen LogP contribution < -0.4 is 9.47 Å². The lowest BCUT2D eigenvalue weighted by molar-refractivity contribution is -0.117. The molecule has 0 spiro atoms. The van der Waals surface area contributed by atoms with Gasteiger partial charge in [-0.3, -0.25) is 4.79 Å². The van der Waals surface area contributed by atoms with Crippen LogP contribution in [0, 0.1) is 13.8 Å². The molecule has 0 saturated carbocycles. The fourth-order valence-corrected chi connectivity index (χ4v) is 6.96. The van der Waals surface area contributed by atoms with E-state index in [-0.39, 0.29) is 42.2 Å². The number of aromatic nitrogens is 3. The molecule has 210 valence electrons. The molecule has 2 heterocycles. The summed E-state index contributed by atoms with van der Waals surface area (Å²) in [5.41, 5.74) is 6.00. The molecule has 0 unspecified atom stereocenters. The van der Waals surface area contributed by atoms with E-state index in [2.05, 4.69) is 10.3 Å². The zero-order valence-corrected chi connectivity index (χ0v) is 24.4. The summed E-state index contributed by atoms with van der Waals surface area (Å²) in [6.45, 7) is 7.73. The zero-order valence-electron chi connectivity index (χ0n) is 23.6. The number of ether oxygens (including phenoxy) is 2. The quantitative estimate of drug-likeness (QED) is 0.322. The topological polar surface area (TPSA) is 104 Å². The van der Waals surface area contributed by atoms with Crippen molar-refractivity contribution < 1.29 is 22.7 Å². The molecule has 4 aromatic rings. The minimum absolute atomic E-state index is 0.0401. The fraction of sp³-hybridized carbons (Fsp3) is 0.367. The van der Waals surface area contributed by atoms with Crippen LogP contribution in [0.2, 0.25) is 0 Å². The van der Waals surface area contributed by atoms with Crippen LogP contribution in [-0.4, -0.2) is 53.3 Å². The van der Waals surface area contributed by atoms with Crippen molar-refractivity contribution in [1.29, 1.82) is 0 Å². The Bertz CT molecular complexity index is 1710. The number of hydrogen-bond donors (Lipinski definition) is 0. The third kappa shape index (κ3) is 5.21. The van der Waals surface area contributed by atoms with Gasteiger partial charge < -0.3 is 9.47 Å². The first-order valence-corrected chi connectivity index (χ1v) is 14.7. The molecular formula is C30H34N4O5S. The molecule has 0 bridgehead atoms. The van der Waals surface area contributed by atoms with Gasteiger partial charge in [0.2, 0.25) is 10.0 Å².